The molecule has 62 valence electrons. The Labute approximate surface area is 65.6 Å². The first kappa shape index (κ1) is 8.23. The third kappa shape index (κ3) is 1.78. The molecule has 1 unspecified atom stereocenters. The zero-order chi connectivity index (χ0) is 8.27. The van der Waals surface area contributed by atoms with Gasteiger partial charge in [-0.1, -0.05) is 0 Å². The van der Waals surface area contributed by atoms with Crippen LogP contribution < -0.4 is 5.73 Å². The summed E-state index contributed by atoms with van der Waals surface area (Å²) in [6, 6.07) is 1.87. The highest BCUT2D eigenvalue weighted by molar-refractivity contribution is 5.06. The monoisotopic (exact) mass is 155 g/mol. The first-order chi connectivity index (χ1) is 5.27. The average Bonchev–Trinajstić information content (AvgIpc) is 2.39. The molecule has 0 saturated heterocycles. The molecule has 1 heterocycles. The fraction of sp³-hybridized carbons (Fsp3) is 0.571. The van der Waals surface area contributed by atoms with E-state index in [0.29, 0.717) is 6.54 Å². The highest BCUT2D eigenvalue weighted by Gasteiger charge is 2.09. The van der Waals surface area contributed by atoms with Crippen LogP contribution in [-0.2, 0) is 7.05 Å². The number of aryl methyl sites for hydroxylation is 1. The summed E-state index contributed by atoms with van der Waals surface area (Å²) in [6.07, 6.45) is 1.84. The Bertz CT molecular complexity index is 217. The lowest BCUT2D eigenvalue weighted by molar-refractivity contribution is 0.265. The minimum atomic E-state index is -0.0174. The predicted molar refractivity (Wildman–Crippen MR) is 42.1 cm³/mol. The zero-order valence-corrected chi connectivity index (χ0v) is 6.57. The average molecular weight is 155 g/mol. The molecule has 0 aliphatic heterocycles. The van der Waals surface area contributed by atoms with Crippen LogP contribution in [-0.4, -0.2) is 28.0 Å². The van der Waals surface area contributed by atoms with E-state index in [1.165, 1.54) is 0 Å². The van der Waals surface area contributed by atoms with Crippen molar-refractivity contribution in [2.45, 2.75) is 5.92 Å². The van der Waals surface area contributed by atoms with E-state index in [1.54, 1.807) is 4.68 Å². The lowest BCUT2D eigenvalue weighted by Crippen LogP contribution is -2.16. The van der Waals surface area contributed by atoms with Crippen molar-refractivity contribution in [2.75, 3.05) is 13.2 Å². The van der Waals surface area contributed by atoms with Gasteiger partial charge in [0.2, 0.25) is 0 Å². The van der Waals surface area contributed by atoms with Crippen LogP contribution in [0.5, 0.6) is 0 Å². The van der Waals surface area contributed by atoms with E-state index in [2.05, 4.69) is 5.10 Å². The summed E-state index contributed by atoms with van der Waals surface area (Å²) in [5.74, 6) is -0.0174. The van der Waals surface area contributed by atoms with Gasteiger partial charge in [-0.05, 0) is 6.07 Å². The number of hydrogen-bond acceptors (Lipinski definition) is 3. The van der Waals surface area contributed by atoms with Gasteiger partial charge in [-0.2, -0.15) is 5.10 Å². The Hall–Kier alpha value is -0.870. The summed E-state index contributed by atoms with van der Waals surface area (Å²) in [5, 5.41) is 13.0. The van der Waals surface area contributed by atoms with Gasteiger partial charge in [0.15, 0.2) is 0 Å². The summed E-state index contributed by atoms with van der Waals surface area (Å²) in [6.45, 7) is 0.501. The molecule has 1 atom stereocenters. The van der Waals surface area contributed by atoms with Crippen molar-refractivity contribution in [2.24, 2.45) is 12.8 Å². The van der Waals surface area contributed by atoms with Crippen molar-refractivity contribution in [3.63, 3.8) is 0 Å². The van der Waals surface area contributed by atoms with Crippen LogP contribution in [0.15, 0.2) is 12.3 Å². The summed E-state index contributed by atoms with van der Waals surface area (Å²) in [5.41, 5.74) is 6.27. The summed E-state index contributed by atoms with van der Waals surface area (Å²) in [7, 11) is 1.84. The maximum absolute atomic E-state index is 8.86. The van der Waals surface area contributed by atoms with Crippen LogP contribution in [0.25, 0.3) is 0 Å². The van der Waals surface area contributed by atoms with Gasteiger partial charge in [0.25, 0.3) is 0 Å². The van der Waals surface area contributed by atoms with E-state index >= 15 is 0 Å². The van der Waals surface area contributed by atoms with E-state index in [-0.39, 0.29) is 12.5 Å². The highest BCUT2D eigenvalue weighted by Crippen LogP contribution is 2.09. The Morgan fingerprint density at radius 1 is 1.82 bits per heavy atom. The summed E-state index contributed by atoms with van der Waals surface area (Å²) < 4.78 is 1.70. The molecule has 0 spiro atoms. The van der Waals surface area contributed by atoms with Crippen LogP contribution in [0.1, 0.15) is 11.6 Å². The molecule has 1 aromatic rings. The molecule has 0 saturated carbocycles. The topological polar surface area (TPSA) is 64.1 Å². The SMILES string of the molecule is Cn1ccc(C(CN)CO)n1. The number of aromatic nitrogens is 2. The molecule has 0 radical (unpaired) electrons. The molecule has 0 amide bonds. The molecule has 0 fully saturated rings. The van der Waals surface area contributed by atoms with Crippen molar-refractivity contribution < 1.29 is 5.11 Å². The van der Waals surface area contributed by atoms with Gasteiger partial charge in [0.1, 0.15) is 0 Å². The number of aliphatic hydroxyl groups is 1. The third-order valence-electron chi connectivity index (χ3n) is 1.66. The molecule has 1 rings (SSSR count). The van der Waals surface area contributed by atoms with Gasteiger partial charge in [-0.25, -0.2) is 0 Å². The second kappa shape index (κ2) is 3.50. The maximum atomic E-state index is 8.86. The Balaban J connectivity index is 2.73. The highest BCUT2D eigenvalue weighted by atomic mass is 16.3. The van der Waals surface area contributed by atoms with Crippen molar-refractivity contribution in [3.05, 3.63) is 18.0 Å². The third-order valence-corrected chi connectivity index (χ3v) is 1.66. The van der Waals surface area contributed by atoms with E-state index in [0.717, 1.165) is 5.69 Å². The number of nitrogens with zero attached hydrogens (tertiary/aromatic N) is 2. The number of hydrogen-bond donors (Lipinski definition) is 2. The summed E-state index contributed by atoms with van der Waals surface area (Å²) >= 11 is 0. The molecule has 3 N–H and O–H groups in total. The largest absolute Gasteiger partial charge is 0.396 e. The van der Waals surface area contributed by atoms with E-state index in [1.807, 2.05) is 19.3 Å². The van der Waals surface area contributed by atoms with Crippen molar-refractivity contribution in [1.82, 2.24) is 9.78 Å². The molecule has 0 bridgehead atoms. The van der Waals surface area contributed by atoms with E-state index in [9.17, 15) is 0 Å². The van der Waals surface area contributed by atoms with Gasteiger partial charge in [-0.3, -0.25) is 4.68 Å². The minimum Gasteiger partial charge on any atom is -0.396 e. The molecular weight excluding hydrogens is 142 g/mol. The molecule has 0 aliphatic rings. The molecular formula is C7H13N3O. The van der Waals surface area contributed by atoms with E-state index in [4.69, 9.17) is 10.8 Å². The number of aliphatic hydroxyl groups excluding tert-OH is 1. The molecule has 4 heteroatoms. The molecule has 1 aromatic heterocycles. The van der Waals surface area contributed by atoms with Crippen LogP contribution >= 0.6 is 0 Å². The molecule has 4 nitrogen and oxygen atoms in total. The lowest BCUT2D eigenvalue weighted by Gasteiger charge is -2.06. The summed E-state index contributed by atoms with van der Waals surface area (Å²) in [4.78, 5) is 0. The van der Waals surface area contributed by atoms with Crippen molar-refractivity contribution >= 4 is 0 Å². The van der Waals surface area contributed by atoms with Crippen LogP contribution in [0.2, 0.25) is 0 Å². The quantitative estimate of drug-likeness (QED) is 0.616. The Kier molecular flexibility index (Phi) is 2.62. The maximum Gasteiger partial charge on any atom is 0.0690 e. The first-order valence-corrected chi connectivity index (χ1v) is 3.58. The van der Waals surface area contributed by atoms with Gasteiger partial charge in [-0.15, -0.1) is 0 Å². The molecule has 0 aliphatic carbocycles. The predicted octanol–water partition coefficient (Wildman–Crippen LogP) is -0.545. The van der Waals surface area contributed by atoms with Gasteiger partial charge >= 0.3 is 0 Å². The number of rotatable bonds is 3. The van der Waals surface area contributed by atoms with Gasteiger partial charge < -0.3 is 10.8 Å². The lowest BCUT2D eigenvalue weighted by atomic mass is 10.1. The first-order valence-electron chi connectivity index (χ1n) is 3.58. The van der Waals surface area contributed by atoms with Gasteiger partial charge in [0, 0.05) is 25.7 Å². The fourth-order valence-electron chi connectivity index (χ4n) is 0.940. The smallest absolute Gasteiger partial charge is 0.0690 e. The Morgan fingerprint density at radius 3 is 2.91 bits per heavy atom. The number of nitrogens with two attached hydrogens (primary N) is 1. The fourth-order valence-corrected chi connectivity index (χ4v) is 0.940. The van der Waals surface area contributed by atoms with Gasteiger partial charge in [0.05, 0.1) is 12.3 Å². The van der Waals surface area contributed by atoms with Crippen LogP contribution in [0.4, 0.5) is 0 Å². The second-order valence-electron chi connectivity index (χ2n) is 2.53. The van der Waals surface area contributed by atoms with E-state index < -0.39 is 0 Å². The molecule has 11 heavy (non-hydrogen) atoms. The van der Waals surface area contributed by atoms with Crippen LogP contribution in [0.3, 0.4) is 0 Å². The second-order valence-corrected chi connectivity index (χ2v) is 2.53. The Morgan fingerprint density at radius 2 is 2.55 bits per heavy atom. The zero-order valence-electron chi connectivity index (χ0n) is 6.57. The molecule has 0 aromatic carbocycles. The van der Waals surface area contributed by atoms with Crippen molar-refractivity contribution in [1.29, 1.82) is 0 Å². The normalized spacial score (nSPS) is 13.4. The standard InChI is InChI=1S/C7H13N3O/c1-10-3-2-7(9-10)6(4-8)5-11/h2-3,6,11H,4-5,8H2,1H3. The van der Waals surface area contributed by atoms with Crippen molar-refractivity contribution in [3.8, 4) is 0 Å². The van der Waals surface area contributed by atoms with Crippen LogP contribution in [0, 0.1) is 0 Å². The minimum absolute atomic E-state index is 0.0174.